The lowest BCUT2D eigenvalue weighted by atomic mass is 10.1. The summed E-state index contributed by atoms with van der Waals surface area (Å²) in [5.74, 6) is 0.211. The van der Waals surface area contributed by atoms with Gasteiger partial charge in [-0.05, 0) is 45.0 Å². The first-order chi connectivity index (χ1) is 12.8. The highest BCUT2D eigenvalue weighted by molar-refractivity contribution is 7.22. The van der Waals surface area contributed by atoms with Crippen LogP contribution in [-0.2, 0) is 0 Å². The van der Waals surface area contributed by atoms with E-state index in [9.17, 15) is 9.50 Å². The van der Waals surface area contributed by atoms with Crippen molar-refractivity contribution in [3.63, 3.8) is 0 Å². The fourth-order valence-corrected chi connectivity index (χ4v) is 4.86. The molecule has 8 heteroatoms. The van der Waals surface area contributed by atoms with Crippen LogP contribution in [0.3, 0.4) is 0 Å². The number of aromatic nitrogens is 3. The van der Waals surface area contributed by atoms with E-state index in [2.05, 4.69) is 15.4 Å². The number of aryl methyl sites for hydroxylation is 3. The zero-order chi connectivity index (χ0) is 19.3. The largest absolute Gasteiger partial charge is 0.506 e. The lowest BCUT2D eigenvalue weighted by Gasteiger charge is -2.32. The molecule has 0 saturated carbocycles. The Morgan fingerprint density at radius 3 is 2.70 bits per heavy atom. The van der Waals surface area contributed by atoms with E-state index in [1.807, 2.05) is 38.8 Å². The van der Waals surface area contributed by atoms with E-state index < -0.39 is 6.17 Å². The van der Waals surface area contributed by atoms with Crippen LogP contribution in [0.25, 0.3) is 16.0 Å². The van der Waals surface area contributed by atoms with Crippen LogP contribution in [0.15, 0.2) is 12.1 Å². The minimum atomic E-state index is -0.811. The summed E-state index contributed by atoms with van der Waals surface area (Å²) in [5, 5.41) is 19.1. The Hall–Kier alpha value is -2.19. The van der Waals surface area contributed by atoms with E-state index in [1.165, 1.54) is 11.3 Å². The Kier molecular flexibility index (Phi) is 4.55. The number of hydrogen-bond donors (Lipinski definition) is 2. The molecule has 2 N–H and O–H groups in total. The Labute approximate surface area is 161 Å². The van der Waals surface area contributed by atoms with E-state index in [4.69, 9.17) is 0 Å². The molecule has 1 aliphatic heterocycles. The summed E-state index contributed by atoms with van der Waals surface area (Å²) < 4.78 is 16.5. The summed E-state index contributed by atoms with van der Waals surface area (Å²) in [6, 6.07) is 3.81. The Morgan fingerprint density at radius 1 is 1.26 bits per heavy atom. The minimum Gasteiger partial charge on any atom is -0.506 e. The summed E-state index contributed by atoms with van der Waals surface area (Å²) >= 11 is 1.52. The second-order valence-corrected chi connectivity index (χ2v) is 8.51. The van der Waals surface area contributed by atoms with Gasteiger partial charge in [-0.1, -0.05) is 17.4 Å². The average molecular weight is 390 g/mol. The molecule has 0 radical (unpaired) electrons. The molecule has 6 nitrogen and oxygen atoms in total. The predicted octanol–water partition coefficient (Wildman–Crippen LogP) is 3.57. The van der Waals surface area contributed by atoms with E-state index >= 15 is 0 Å². The number of phenolic OH excluding ortho intramolecular Hbond substituents is 1. The maximum atomic E-state index is 13.8. The van der Waals surface area contributed by atoms with Crippen molar-refractivity contribution < 1.29 is 9.50 Å². The van der Waals surface area contributed by atoms with Crippen LogP contribution in [0.5, 0.6) is 5.75 Å². The molecule has 0 unspecified atom stereocenters. The first-order valence-electron chi connectivity index (χ1n) is 9.07. The number of piperidine rings is 1. The standard InChI is InChI=1S/C19H24FN5OS/c1-10-5-11(2)16(15(26)6-10)25-12(3)17-18(23-25)22-19(27-17)21-14-7-13(20)8-24(4)9-14/h5-6,13-14,26H,7-9H2,1-4H3,(H,21,22,23)/t13-,14-/m1/s1. The molecule has 2 atom stereocenters. The van der Waals surface area contributed by atoms with E-state index in [-0.39, 0.29) is 11.8 Å². The molecule has 1 aromatic carbocycles. The highest BCUT2D eigenvalue weighted by Crippen LogP contribution is 2.34. The van der Waals surface area contributed by atoms with Gasteiger partial charge in [0.05, 0.1) is 10.4 Å². The Morgan fingerprint density at radius 2 is 2.04 bits per heavy atom. The van der Waals surface area contributed by atoms with Gasteiger partial charge in [0.2, 0.25) is 0 Å². The van der Waals surface area contributed by atoms with E-state index in [0.717, 1.165) is 33.2 Å². The van der Waals surface area contributed by atoms with Crippen LogP contribution in [-0.4, -0.2) is 57.1 Å². The van der Waals surface area contributed by atoms with Gasteiger partial charge in [-0.15, -0.1) is 5.10 Å². The minimum absolute atomic E-state index is 0.0461. The van der Waals surface area contributed by atoms with Crippen molar-refractivity contribution in [2.45, 2.75) is 39.4 Å². The predicted molar refractivity (Wildman–Crippen MR) is 107 cm³/mol. The van der Waals surface area contributed by atoms with Crippen molar-refractivity contribution in [2.24, 2.45) is 0 Å². The van der Waals surface area contributed by atoms with Gasteiger partial charge in [0, 0.05) is 25.6 Å². The normalized spacial score (nSPS) is 21.1. The van der Waals surface area contributed by atoms with Crippen molar-refractivity contribution in [2.75, 3.05) is 25.5 Å². The quantitative estimate of drug-likeness (QED) is 0.717. The molecular weight excluding hydrogens is 365 g/mol. The van der Waals surface area contributed by atoms with Gasteiger partial charge in [0.1, 0.15) is 17.6 Å². The van der Waals surface area contributed by atoms with Gasteiger partial charge in [0.25, 0.3) is 0 Å². The first kappa shape index (κ1) is 18.2. The highest BCUT2D eigenvalue weighted by atomic mass is 32.1. The molecule has 4 rings (SSSR count). The molecule has 1 fully saturated rings. The third-order valence-electron chi connectivity index (χ3n) is 5.00. The molecule has 0 aliphatic carbocycles. The van der Waals surface area contributed by atoms with Crippen molar-refractivity contribution in [3.05, 3.63) is 29.0 Å². The van der Waals surface area contributed by atoms with Crippen LogP contribution in [0.2, 0.25) is 0 Å². The van der Waals surface area contributed by atoms with Gasteiger partial charge in [-0.2, -0.15) is 4.98 Å². The number of phenols is 1. The zero-order valence-corrected chi connectivity index (χ0v) is 16.8. The third-order valence-corrected chi connectivity index (χ3v) is 6.08. The second-order valence-electron chi connectivity index (χ2n) is 7.51. The number of fused-ring (bicyclic) bond motifs is 1. The van der Waals surface area contributed by atoms with Gasteiger partial charge in [0.15, 0.2) is 10.8 Å². The molecule has 0 bridgehead atoms. The second kappa shape index (κ2) is 6.76. The summed E-state index contributed by atoms with van der Waals surface area (Å²) in [7, 11) is 1.93. The smallest absolute Gasteiger partial charge is 0.194 e. The number of likely N-dealkylation sites (N-methyl/N-ethyl adjacent to an activating group) is 1. The topological polar surface area (TPSA) is 66.2 Å². The molecule has 0 amide bonds. The summed E-state index contributed by atoms with van der Waals surface area (Å²) in [6.45, 7) is 7.18. The average Bonchev–Trinajstić information content (AvgIpc) is 3.05. The monoisotopic (exact) mass is 389 g/mol. The molecule has 1 aliphatic rings. The van der Waals surface area contributed by atoms with Crippen molar-refractivity contribution in [1.82, 2.24) is 19.7 Å². The molecule has 0 spiro atoms. The van der Waals surface area contributed by atoms with E-state index in [1.54, 1.807) is 10.7 Å². The van der Waals surface area contributed by atoms with Crippen LogP contribution >= 0.6 is 11.3 Å². The lowest BCUT2D eigenvalue weighted by molar-refractivity contribution is 0.153. The van der Waals surface area contributed by atoms with Gasteiger partial charge in [-0.25, -0.2) is 9.07 Å². The number of nitrogens with one attached hydrogen (secondary N) is 1. The Bertz CT molecular complexity index is 965. The number of rotatable bonds is 3. The molecule has 27 heavy (non-hydrogen) atoms. The molecular formula is C19H24FN5OS. The number of halogens is 1. The van der Waals surface area contributed by atoms with E-state index in [0.29, 0.717) is 24.3 Å². The number of aromatic hydroxyl groups is 1. The van der Waals surface area contributed by atoms with Crippen LogP contribution in [0.1, 0.15) is 23.2 Å². The number of nitrogens with zero attached hydrogens (tertiary/aromatic N) is 4. The van der Waals surface area contributed by atoms with Gasteiger partial charge < -0.3 is 15.3 Å². The zero-order valence-electron chi connectivity index (χ0n) is 16.0. The number of anilines is 1. The summed E-state index contributed by atoms with van der Waals surface area (Å²) in [4.78, 5) is 6.59. The van der Waals surface area contributed by atoms with Gasteiger partial charge >= 0.3 is 0 Å². The van der Waals surface area contributed by atoms with Crippen molar-refractivity contribution >= 4 is 26.8 Å². The molecule has 1 saturated heterocycles. The number of alkyl halides is 1. The van der Waals surface area contributed by atoms with Crippen LogP contribution in [0, 0.1) is 20.8 Å². The molecule has 2 aromatic heterocycles. The van der Waals surface area contributed by atoms with Gasteiger partial charge in [-0.3, -0.25) is 0 Å². The van der Waals surface area contributed by atoms with Crippen LogP contribution in [0.4, 0.5) is 9.52 Å². The first-order valence-corrected chi connectivity index (χ1v) is 9.89. The number of likely N-dealkylation sites (tertiary alicyclic amines) is 1. The number of hydrogen-bond acceptors (Lipinski definition) is 6. The summed E-state index contributed by atoms with van der Waals surface area (Å²) in [6.07, 6.45) is -0.314. The fraction of sp³-hybridized carbons (Fsp3) is 0.474. The maximum absolute atomic E-state index is 13.8. The fourth-order valence-electron chi connectivity index (χ4n) is 3.90. The number of benzene rings is 1. The Balaban J connectivity index is 1.65. The lowest BCUT2D eigenvalue weighted by Crippen LogP contribution is -2.45. The number of thiazole rings is 1. The van der Waals surface area contributed by atoms with Crippen LogP contribution < -0.4 is 5.32 Å². The highest BCUT2D eigenvalue weighted by Gasteiger charge is 2.26. The summed E-state index contributed by atoms with van der Waals surface area (Å²) in [5.41, 5.74) is 4.23. The molecule has 3 aromatic rings. The molecule has 144 valence electrons. The van der Waals surface area contributed by atoms with Crippen molar-refractivity contribution in [3.8, 4) is 11.4 Å². The van der Waals surface area contributed by atoms with Crippen molar-refractivity contribution in [1.29, 1.82) is 0 Å². The third kappa shape index (κ3) is 3.39. The molecule has 3 heterocycles. The SMILES string of the molecule is Cc1cc(C)c(-n2nc3nc(N[C@@H]4C[C@@H](F)CN(C)C4)sc3c2C)c(O)c1. The maximum Gasteiger partial charge on any atom is 0.194 e.